The molecule has 3 N–H and O–H groups in total. The van der Waals surface area contributed by atoms with Crippen molar-refractivity contribution in [1.29, 1.82) is 0 Å². The number of nitrogens with one attached hydrogen (secondary N) is 1. The van der Waals surface area contributed by atoms with E-state index in [2.05, 4.69) is 28.5 Å². The van der Waals surface area contributed by atoms with E-state index in [0.29, 0.717) is 0 Å². The van der Waals surface area contributed by atoms with Gasteiger partial charge in [0.2, 0.25) is 0 Å². The topological polar surface area (TPSA) is 50.4 Å². The van der Waals surface area contributed by atoms with Gasteiger partial charge in [0.15, 0.2) is 0 Å². The standard InChI is InChI=1S/C13H13N3/c1-8(14)9-5-6-12-13-10(9)3-2-4-11(13)15-7-16-12/h2-8H,14H2,1H3,(H,15,16). The predicted octanol–water partition coefficient (Wildman–Crippen LogP) is 2.94. The summed E-state index contributed by atoms with van der Waals surface area (Å²) in [6.07, 6.45) is 1.72. The molecule has 1 heterocycles. The Balaban J connectivity index is 2.44. The molecule has 3 rings (SSSR count). The minimum Gasteiger partial charge on any atom is -0.346 e. The summed E-state index contributed by atoms with van der Waals surface area (Å²) >= 11 is 0. The first kappa shape index (κ1) is 9.36. The number of hydrogen-bond acceptors (Lipinski definition) is 3. The van der Waals surface area contributed by atoms with Crippen molar-refractivity contribution in [2.24, 2.45) is 10.7 Å². The van der Waals surface area contributed by atoms with Gasteiger partial charge in [-0.25, -0.2) is 4.99 Å². The Hall–Kier alpha value is -1.87. The lowest BCUT2D eigenvalue weighted by Gasteiger charge is -2.17. The number of nitrogens with zero attached hydrogens (tertiary/aromatic N) is 1. The van der Waals surface area contributed by atoms with Crippen molar-refractivity contribution in [3.8, 4) is 0 Å². The predicted molar refractivity (Wildman–Crippen MR) is 68.3 cm³/mol. The molecule has 0 aromatic heterocycles. The van der Waals surface area contributed by atoms with Gasteiger partial charge in [-0.2, -0.15) is 0 Å². The lowest BCUT2D eigenvalue weighted by molar-refractivity contribution is 0.827. The van der Waals surface area contributed by atoms with Crippen LogP contribution in [0.1, 0.15) is 18.5 Å². The maximum atomic E-state index is 5.98. The van der Waals surface area contributed by atoms with Gasteiger partial charge < -0.3 is 11.1 Å². The lowest BCUT2D eigenvalue weighted by Crippen LogP contribution is -2.07. The molecule has 0 saturated heterocycles. The van der Waals surface area contributed by atoms with E-state index in [1.807, 2.05) is 19.1 Å². The Bertz CT molecular complexity index is 585. The number of anilines is 1. The summed E-state index contributed by atoms with van der Waals surface area (Å²) in [5.41, 5.74) is 9.26. The molecular weight excluding hydrogens is 198 g/mol. The second-order valence-electron chi connectivity index (χ2n) is 4.09. The Morgan fingerprint density at radius 3 is 2.94 bits per heavy atom. The van der Waals surface area contributed by atoms with Gasteiger partial charge in [0.1, 0.15) is 0 Å². The highest BCUT2D eigenvalue weighted by Gasteiger charge is 2.13. The van der Waals surface area contributed by atoms with Crippen molar-refractivity contribution in [1.82, 2.24) is 0 Å². The molecule has 0 saturated carbocycles. The van der Waals surface area contributed by atoms with E-state index in [1.165, 1.54) is 16.3 Å². The summed E-state index contributed by atoms with van der Waals surface area (Å²) in [5.74, 6) is 0. The van der Waals surface area contributed by atoms with Crippen LogP contribution in [0.25, 0.3) is 10.8 Å². The van der Waals surface area contributed by atoms with Crippen molar-refractivity contribution in [2.45, 2.75) is 13.0 Å². The van der Waals surface area contributed by atoms with Gasteiger partial charge in [0, 0.05) is 17.1 Å². The number of nitrogens with two attached hydrogens (primary N) is 1. The normalized spacial score (nSPS) is 14.9. The molecule has 1 atom stereocenters. The molecule has 0 radical (unpaired) electrons. The largest absolute Gasteiger partial charge is 0.346 e. The highest BCUT2D eigenvalue weighted by atomic mass is 15.0. The van der Waals surface area contributed by atoms with Crippen molar-refractivity contribution >= 4 is 28.5 Å². The molecule has 0 bridgehead atoms. The van der Waals surface area contributed by atoms with Crippen LogP contribution in [-0.4, -0.2) is 6.34 Å². The molecule has 0 aliphatic carbocycles. The van der Waals surface area contributed by atoms with E-state index < -0.39 is 0 Å². The summed E-state index contributed by atoms with van der Waals surface area (Å²) in [7, 11) is 0. The Labute approximate surface area is 94.0 Å². The second-order valence-corrected chi connectivity index (χ2v) is 4.09. The molecule has 80 valence electrons. The van der Waals surface area contributed by atoms with Crippen molar-refractivity contribution < 1.29 is 0 Å². The third-order valence-electron chi connectivity index (χ3n) is 2.97. The van der Waals surface area contributed by atoms with Crippen LogP contribution in [0.15, 0.2) is 35.3 Å². The number of benzene rings is 2. The van der Waals surface area contributed by atoms with Gasteiger partial charge >= 0.3 is 0 Å². The number of rotatable bonds is 1. The zero-order valence-corrected chi connectivity index (χ0v) is 9.07. The fourth-order valence-corrected chi connectivity index (χ4v) is 2.21. The molecule has 0 amide bonds. The molecular formula is C13H13N3. The first-order valence-corrected chi connectivity index (χ1v) is 5.37. The van der Waals surface area contributed by atoms with Crippen molar-refractivity contribution in [2.75, 3.05) is 5.32 Å². The minimum atomic E-state index is 0.0372. The van der Waals surface area contributed by atoms with Gasteiger partial charge in [0.25, 0.3) is 0 Å². The van der Waals surface area contributed by atoms with Gasteiger partial charge in [-0.3, -0.25) is 0 Å². The third kappa shape index (κ3) is 1.22. The Morgan fingerprint density at radius 2 is 2.12 bits per heavy atom. The van der Waals surface area contributed by atoms with Crippen LogP contribution >= 0.6 is 0 Å². The Kier molecular flexibility index (Phi) is 1.94. The van der Waals surface area contributed by atoms with Crippen LogP contribution in [0.4, 0.5) is 11.4 Å². The van der Waals surface area contributed by atoms with Crippen LogP contribution in [0.2, 0.25) is 0 Å². The van der Waals surface area contributed by atoms with E-state index in [0.717, 1.165) is 11.4 Å². The SMILES string of the molecule is CC(N)c1ccc2c3c(cccc13)NC=N2. The summed E-state index contributed by atoms with van der Waals surface area (Å²) < 4.78 is 0. The molecule has 16 heavy (non-hydrogen) atoms. The summed E-state index contributed by atoms with van der Waals surface area (Å²) in [6, 6.07) is 10.3. The average molecular weight is 211 g/mol. The number of aliphatic imine (C=N–C) groups is 1. The molecule has 2 aromatic carbocycles. The molecule has 0 fully saturated rings. The minimum absolute atomic E-state index is 0.0372. The zero-order valence-electron chi connectivity index (χ0n) is 9.07. The van der Waals surface area contributed by atoms with Gasteiger partial charge in [-0.15, -0.1) is 0 Å². The molecule has 1 aliphatic rings. The zero-order chi connectivity index (χ0) is 11.1. The number of hydrogen-bond donors (Lipinski definition) is 2. The van der Waals surface area contributed by atoms with Gasteiger partial charge in [-0.1, -0.05) is 18.2 Å². The molecule has 1 aliphatic heterocycles. The van der Waals surface area contributed by atoms with Crippen LogP contribution in [0.5, 0.6) is 0 Å². The van der Waals surface area contributed by atoms with Crippen molar-refractivity contribution in [3.63, 3.8) is 0 Å². The van der Waals surface area contributed by atoms with Crippen molar-refractivity contribution in [3.05, 3.63) is 35.9 Å². The monoisotopic (exact) mass is 211 g/mol. The molecule has 1 unspecified atom stereocenters. The van der Waals surface area contributed by atoms with Crippen LogP contribution in [0.3, 0.4) is 0 Å². The summed E-state index contributed by atoms with van der Waals surface area (Å²) in [4.78, 5) is 4.33. The highest BCUT2D eigenvalue weighted by molar-refractivity contribution is 6.09. The van der Waals surface area contributed by atoms with Crippen LogP contribution < -0.4 is 11.1 Å². The first-order chi connectivity index (χ1) is 7.77. The van der Waals surface area contributed by atoms with Gasteiger partial charge in [-0.05, 0) is 30.0 Å². The fraction of sp³-hybridized carbons (Fsp3) is 0.154. The first-order valence-electron chi connectivity index (χ1n) is 5.37. The van der Waals surface area contributed by atoms with E-state index in [-0.39, 0.29) is 6.04 Å². The van der Waals surface area contributed by atoms with Gasteiger partial charge in [0.05, 0.1) is 12.0 Å². The van der Waals surface area contributed by atoms with Crippen LogP contribution in [0, 0.1) is 0 Å². The molecule has 3 nitrogen and oxygen atoms in total. The smallest absolute Gasteiger partial charge is 0.0930 e. The second kappa shape index (κ2) is 3.32. The van der Waals surface area contributed by atoms with E-state index in [4.69, 9.17) is 5.73 Å². The maximum Gasteiger partial charge on any atom is 0.0930 e. The van der Waals surface area contributed by atoms with E-state index in [1.54, 1.807) is 6.34 Å². The van der Waals surface area contributed by atoms with Crippen LogP contribution in [-0.2, 0) is 0 Å². The molecule has 0 spiro atoms. The molecule has 3 heteroatoms. The summed E-state index contributed by atoms with van der Waals surface area (Å²) in [6.45, 7) is 2.00. The average Bonchev–Trinajstić information content (AvgIpc) is 2.30. The molecule has 2 aromatic rings. The quantitative estimate of drug-likeness (QED) is 0.762. The highest BCUT2D eigenvalue weighted by Crippen LogP contribution is 2.37. The third-order valence-corrected chi connectivity index (χ3v) is 2.97. The fourth-order valence-electron chi connectivity index (χ4n) is 2.21. The maximum absolute atomic E-state index is 5.98. The Morgan fingerprint density at radius 1 is 1.25 bits per heavy atom. The lowest BCUT2D eigenvalue weighted by atomic mass is 9.97. The van der Waals surface area contributed by atoms with E-state index in [9.17, 15) is 0 Å². The summed E-state index contributed by atoms with van der Waals surface area (Å²) in [5, 5.41) is 5.52. The van der Waals surface area contributed by atoms with E-state index >= 15 is 0 Å².